The van der Waals surface area contributed by atoms with Crippen molar-refractivity contribution in [1.82, 2.24) is 5.32 Å². The van der Waals surface area contributed by atoms with Crippen LogP contribution in [0, 0.1) is 0 Å². The van der Waals surface area contributed by atoms with Crippen molar-refractivity contribution in [2.45, 2.75) is 32.2 Å². The van der Waals surface area contributed by atoms with Crippen molar-refractivity contribution in [3.8, 4) is 11.5 Å². The van der Waals surface area contributed by atoms with Gasteiger partial charge in [0.05, 0.1) is 25.9 Å². The molecule has 0 saturated heterocycles. The minimum absolute atomic E-state index is 0.218. The number of carbonyl (C=O) groups excluding carboxylic acids is 1. The molecule has 0 spiro atoms. The maximum absolute atomic E-state index is 13.3. The quantitative estimate of drug-likeness (QED) is 0.784. The number of allylic oxidation sites excluding steroid dienone is 1. The van der Waals surface area contributed by atoms with E-state index in [1.165, 1.54) is 26.8 Å². The summed E-state index contributed by atoms with van der Waals surface area (Å²) in [6.45, 7) is 1.65. The number of hydrogen-bond acceptors (Lipinski definition) is 5. The predicted molar refractivity (Wildman–Crippen MR) is 120 cm³/mol. The van der Waals surface area contributed by atoms with Gasteiger partial charge in [0.15, 0.2) is 16.4 Å². The Morgan fingerprint density at radius 2 is 1.81 bits per heavy atom. The van der Waals surface area contributed by atoms with E-state index in [-0.39, 0.29) is 10.9 Å². The van der Waals surface area contributed by atoms with Gasteiger partial charge < -0.3 is 14.8 Å². The van der Waals surface area contributed by atoms with Crippen LogP contribution in [0.4, 0.5) is 5.69 Å². The molecular formula is C23H26N2O5S. The summed E-state index contributed by atoms with van der Waals surface area (Å²) in [5.41, 5.74) is 3.68. The Bertz CT molecular complexity index is 1190. The number of nitrogens with zero attached hydrogens (tertiary/aromatic N) is 1. The highest BCUT2D eigenvalue weighted by Gasteiger charge is 2.39. The topological polar surface area (TPSA) is 84.9 Å². The first-order valence-corrected chi connectivity index (χ1v) is 11.6. The molecule has 31 heavy (non-hydrogen) atoms. The van der Waals surface area contributed by atoms with Gasteiger partial charge in [-0.3, -0.25) is 9.10 Å². The molecule has 1 N–H and O–H groups in total. The largest absolute Gasteiger partial charge is 0.493 e. The van der Waals surface area contributed by atoms with Gasteiger partial charge >= 0.3 is 0 Å². The Kier molecular flexibility index (Phi) is 5.43. The number of amides is 1. The molecule has 8 heteroatoms. The molecule has 1 amide bonds. The van der Waals surface area contributed by atoms with Crippen LogP contribution in [0.25, 0.3) is 5.57 Å². The van der Waals surface area contributed by atoms with Crippen molar-refractivity contribution >= 4 is 27.2 Å². The second-order valence-corrected chi connectivity index (χ2v) is 9.67. The lowest BCUT2D eigenvalue weighted by Gasteiger charge is -2.32. The molecule has 0 aromatic heterocycles. The second kappa shape index (κ2) is 7.92. The fourth-order valence-electron chi connectivity index (χ4n) is 4.43. The third-order valence-corrected chi connectivity index (χ3v) is 8.01. The summed E-state index contributed by atoms with van der Waals surface area (Å²) in [4.78, 5) is 13.1. The van der Waals surface area contributed by atoms with E-state index in [1.807, 2.05) is 18.2 Å². The molecule has 1 atom stereocenters. The van der Waals surface area contributed by atoms with Crippen molar-refractivity contribution in [3.05, 3.63) is 58.0 Å². The van der Waals surface area contributed by atoms with E-state index >= 15 is 0 Å². The maximum atomic E-state index is 13.3. The summed E-state index contributed by atoms with van der Waals surface area (Å²) in [5, 5.41) is 2.97. The number of nitrogens with one attached hydrogen (secondary N) is 1. The summed E-state index contributed by atoms with van der Waals surface area (Å²) < 4.78 is 38.4. The Labute approximate surface area is 182 Å². The van der Waals surface area contributed by atoms with Gasteiger partial charge in [0.2, 0.25) is 0 Å². The number of hydrogen-bond donors (Lipinski definition) is 1. The summed E-state index contributed by atoms with van der Waals surface area (Å²) in [6.07, 6.45) is 2.67. The van der Waals surface area contributed by atoms with Gasteiger partial charge in [-0.25, -0.2) is 8.42 Å². The number of anilines is 1. The Hall–Kier alpha value is -3.00. The van der Waals surface area contributed by atoms with Crippen LogP contribution in [0.15, 0.2) is 41.3 Å². The molecule has 0 saturated carbocycles. The van der Waals surface area contributed by atoms with E-state index in [1.54, 1.807) is 19.1 Å². The van der Waals surface area contributed by atoms with Gasteiger partial charge in [0.1, 0.15) is 0 Å². The minimum atomic E-state index is -4.03. The summed E-state index contributed by atoms with van der Waals surface area (Å²) >= 11 is 0. The van der Waals surface area contributed by atoms with Gasteiger partial charge in [-0.05, 0) is 49.0 Å². The molecule has 2 aliphatic rings. The van der Waals surface area contributed by atoms with Crippen LogP contribution in [0.1, 0.15) is 42.5 Å². The summed E-state index contributed by atoms with van der Waals surface area (Å²) in [7, 11) is 0.414. The van der Waals surface area contributed by atoms with Gasteiger partial charge in [0, 0.05) is 18.7 Å². The molecule has 2 aromatic carbocycles. The van der Waals surface area contributed by atoms with Gasteiger partial charge in [0.25, 0.3) is 15.9 Å². The summed E-state index contributed by atoms with van der Waals surface area (Å²) in [6, 6.07) is 11.1. The van der Waals surface area contributed by atoms with Crippen LogP contribution >= 0.6 is 0 Å². The molecule has 4 rings (SSSR count). The smallest absolute Gasteiger partial charge is 0.269 e. The fraction of sp³-hybridized carbons (Fsp3) is 0.348. The molecule has 0 radical (unpaired) electrons. The number of sulfonamides is 1. The lowest BCUT2D eigenvalue weighted by Crippen LogP contribution is -2.40. The number of fused-ring (bicyclic) bond motifs is 2. The molecule has 164 valence electrons. The van der Waals surface area contributed by atoms with E-state index in [0.717, 1.165) is 29.1 Å². The third kappa shape index (κ3) is 3.44. The van der Waals surface area contributed by atoms with Gasteiger partial charge in [-0.1, -0.05) is 24.3 Å². The average molecular weight is 443 g/mol. The molecule has 1 aliphatic carbocycles. The number of rotatable bonds is 4. The van der Waals surface area contributed by atoms with Crippen LogP contribution in [0.5, 0.6) is 11.5 Å². The molecule has 0 bridgehead atoms. The Balaban J connectivity index is 1.78. The fourth-order valence-corrected chi connectivity index (χ4v) is 5.90. The Morgan fingerprint density at radius 3 is 2.52 bits per heavy atom. The number of methoxy groups -OCH3 is 2. The highest BCUT2D eigenvalue weighted by molar-refractivity contribution is 7.97. The lowest BCUT2D eigenvalue weighted by atomic mass is 9.87. The second-order valence-electron chi connectivity index (χ2n) is 7.77. The number of aryl methyl sites for hydroxylation is 1. The molecular weight excluding hydrogens is 416 g/mol. The molecule has 0 unspecified atom stereocenters. The monoisotopic (exact) mass is 442 g/mol. The first-order valence-electron chi connectivity index (χ1n) is 10.1. The van der Waals surface area contributed by atoms with E-state index in [9.17, 15) is 13.2 Å². The molecule has 1 aliphatic heterocycles. The van der Waals surface area contributed by atoms with Crippen LogP contribution in [-0.4, -0.2) is 35.6 Å². The molecule has 0 fully saturated rings. The van der Waals surface area contributed by atoms with E-state index in [2.05, 4.69) is 11.4 Å². The zero-order chi connectivity index (χ0) is 22.3. The first-order chi connectivity index (χ1) is 14.8. The molecule has 7 nitrogen and oxygen atoms in total. The van der Waals surface area contributed by atoms with Crippen molar-refractivity contribution in [2.75, 3.05) is 25.6 Å². The van der Waals surface area contributed by atoms with Crippen LogP contribution in [-0.2, 0) is 21.2 Å². The van der Waals surface area contributed by atoms with Crippen LogP contribution < -0.4 is 19.1 Å². The highest BCUT2D eigenvalue weighted by atomic mass is 32.2. The van der Waals surface area contributed by atoms with Crippen molar-refractivity contribution in [1.29, 1.82) is 0 Å². The molecule has 1 heterocycles. The lowest BCUT2D eigenvalue weighted by molar-refractivity contribution is -0.117. The first kappa shape index (κ1) is 21.2. The maximum Gasteiger partial charge on any atom is 0.269 e. The third-order valence-electron chi connectivity index (χ3n) is 6.09. The van der Waals surface area contributed by atoms with Gasteiger partial charge in [-0.15, -0.1) is 0 Å². The van der Waals surface area contributed by atoms with Gasteiger partial charge in [-0.2, -0.15) is 0 Å². The Morgan fingerprint density at radius 1 is 1.13 bits per heavy atom. The highest BCUT2D eigenvalue weighted by Crippen LogP contribution is 2.44. The van der Waals surface area contributed by atoms with Crippen molar-refractivity contribution in [3.63, 3.8) is 0 Å². The van der Waals surface area contributed by atoms with E-state index in [0.29, 0.717) is 28.3 Å². The molecule has 2 aromatic rings. The predicted octanol–water partition coefficient (Wildman–Crippen LogP) is 3.41. The summed E-state index contributed by atoms with van der Waals surface area (Å²) in [5.74, 6) is 0.295. The SMILES string of the molecule is COc1cc2c(cc1OC)N(C)S(=O)(=O)C(C(=O)N[C@H]1CCCc3ccccc31)=C2C. The zero-order valence-corrected chi connectivity index (χ0v) is 18.9. The normalized spacial score (nSPS) is 19.4. The van der Waals surface area contributed by atoms with E-state index < -0.39 is 15.9 Å². The van der Waals surface area contributed by atoms with Crippen LogP contribution in [0.3, 0.4) is 0 Å². The average Bonchev–Trinajstić information content (AvgIpc) is 2.77. The van der Waals surface area contributed by atoms with Crippen molar-refractivity contribution in [2.24, 2.45) is 0 Å². The number of carbonyl (C=O) groups is 1. The van der Waals surface area contributed by atoms with E-state index in [4.69, 9.17) is 9.47 Å². The number of benzene rings is 2. The zero-order valence-electron chi connectivity index (χ0n) is 18.1. The standard InChI is InChI=1S/C23H26N2O5S/c1-14-17-12-20(29-3)21(30-4)13-19(17)25(2)31(27,28)22(14)23(26)24-18-11-7-9-15-8-5-6-10-16(15)18/h5-6,8,10,12-13,18H,7,9,11H2,1-4H3,(H,24,26)/t18-/m0/s1. The minimum Gasteiger partial charge on any atom is -0.493 e. The number of ether oxygens (including phenoxy) is 2. The van der Waals surface area contributed by atoms with Crippen LogP contribution in [0.2, 0.25) is 0 Å². The van der Waals surface area contributed by atoms with Crippen molar-refractivity contribution < 1.29 is 22.7 Å².